The van der Waals surface area contributed by atoms with Gasteiger partial charge in [-0.25, -0.2) is 0 Å². The average Bonchev–Trinajstić information content (AvgIpc) is 2.16. The molecule has 0 aromatic carbocycles. The van der Waals surface area contributed by atoms with Crippen LogP contribution in [0, 0.1) is 5.92 Å². The van der Waals surface area contributed by atoms with E-state index in [4.69, 9.17) is 9.47 Å². The van der Waals surface area contributed by atoms with Crippen molar-refractivity contribution in [1.82, 2.24) is 0 Å². The number of ether oxygens (including phenoxy) is 2. The molecule has 0 radical (unpaired) electrons. The van der Waals surface area contributed by atoms with Gasteiger partial charge in [0.15, 0.2) is 0 Å². The molecule has 0 N–H and O–H groups in total. The van der Waals surface area contributed by atoms with Crippen LogP contribution in [0.2, 0.25) is 0 Å². The van der Waals surface area contributed by atoms with Crippen molar-refractivity contribution in [1.29, 1.82) is 0 Å². The van der Waals surface area contributed by atoms with Gasteiger partial charge in [0.1, 0.15) is 0 Å². The largest absolute Gasteiger partial charge is 0.466 e. The van der Waals surface area contributed by atoms with E-state index in [2.05, 4.69) is 20.8 Å². The molecule has 3 nitrogen and oxygen atoms in total. The van der Waals surface area contributed by atoms with Gasteiger partial charge < -0.3 is 9.47 Å². The summed E-state index contributed by atoms with van der Waals surface area (Å²) in [6, 6.07) is 0. The molecule has 16 heavy (non-hydrogen) atoms. The molecule has 0 atom stereocenters. The van der Waals surface area contributed by atoms with Gasteiger partial charge in [0.25, 0.3) is 0 Å². The zero-order chi connectivity index (χ0) is 12.2. The molecule has 94 valence electrons. The average molecular weight is 228 g/mol. The molecule has 0 aromatic heterocycles. The highest BCUT2D eigenvalue weighted by molar-refractivity contribution is 5.72. The van der Waals surface area contributed by atoms with E-state index in [0.29, 0.717) is 12.7 Å². The Morgan fingerprint density at radius 2 is 1.75 bits per heavy atom. The monoisotopic (exact) mass is 228 g/mol. The van der Waals surface area contributed by atoms with Crippen LogP contribution in [0.1, 0.15) is 53.4 Å². The van der Waals surface area contributed by atoms with E-state index in [-0.39, 0.29) is 17.5 Å². The first kappa shape index (κ1) is 13.5. The van der Waals surface area contributed by atoms with Crippen molar-refractivity contribution in [3.8, 4) is 0 Å². The van der Waals surface area contributed by atoms with E-state index in [1.807, 2.05) is 6.92 Å². The van der Waals surface area contributed by atoms with E-state index >= 15 is 0 Å². The second-order valence-electron chi connectivity index (χ2n) is 5.46. The lowest BCUT2D eigenvalue weighted by molar-refractivity contribution is -0.151. The standard InChI is InChI=1S/C13H24O3/c1-5-15-12(14)10-6-8-11(9-7-10)16-13(2,3)4/h10-11H,5-9H2,1-4H3. The van der Waals surface area contributed by atoms with Crippen LogP contribution in [0.25, 0.3) is 0 Å². The molecule has 0 amide bonds. The van der Waals surface area contributed by atoms with Crippen LogP contribution in [0.5, 0.6) is 0 Å². The lowest BCUT2D eigenvalue weighted by Crippen LogP contribution is -2.32. The zero-order valence-electron chi connectivity index (χ0n) is 10.9. The molecule has 0 spiro atoms. The van der Waals surface area contributed by atoms with Crippen molar-refractivity contribution in [2.45, 2.75) is 65.1 Å². The summed E-state index contributed by atoms with van der Waals surface area (Å²) < 4.78 is 11.0. The maximum Gasteiger partial charge on any atom is 0.308 e. The summed E-state index contributed by atoms with van der Waals surface area (Å²) in [6.45, 7) is 8.56. The summed E-state index contributed by atoms with van der Waals surface area (Å²) in [4.78, 5) is 11.5. The lowest BCUT2D eigenvalue weighted by Gasteiger charge is -2.32. The maximum absolute atomic E-state index is 11.5. The predicted octanol–water partition coefficient (Wildman–Crippen LogP) is 2.92. The Bertz CT molecular complexity index is 222. The van der Waals surface area contributed by atoms with Gasteiger partial charge in [0, 0.05) is 0 Å². The third-order valence-corrected chi connectivity index (χ3v) is 2.81. The fourth-order valence-electron chi connectivity index (χ4n) is 2.18. The summed E-state index contributed by atoms with van der Waals surface area (Å²) in [6.07, 6.45) is 4.06. The van der Waals surface area contributed by atoms with Gasteiger partial charge in [-0.15, -0.1) is 0 Å². The Hall–Kier alpha value is -0.570. The van der Waals surface area contributed by atoms with Crippen LogP contribution in [0.3, 0.4) is 0 Å². The van der Waals surface area contributed by atoms with Gasteiger partial charge in [-0.1, -0.05) is 0 Å². The number of esters is 1. The Morgan fingerprint density at radius 1 is 1.19 bits per heavy atom. The summed E-state index contributed by atoms with van der Waals surface area (Å²) >= 11 is 0. The van der Waals surface area contributed by atoms with Crippen molar-refractivity contribution in [2.75, 3.05) is 6.61 Å². The van der Waals surface area contributed by atoms with Gasteiger partial charge in [-0.3, -0.25) is 4.79 Å². The molecule has 0 saturated heterocycles. The van der Waals surface area contributed by atoms with Crippen LogP contribution < -0.4 is 0 Å². The van der Waals surface area contributed by atoms with E-state index in [0.717, 1.165) is 25.7 Å². The SMILES string of the molecule is CCOC(=O)C1CCC(OC(C)(C)C)CC1. The van der Waals surface area contributed by atoms with Crippen LogP contribution >= 0.6 is 0 Å². The second-order valence-corrected chi connectivity index (χ2v) is 5.46. The maximum atomic E-state index is 11.5. The second kappa shape index (κ2) is 5.67. The quantitative estimate of drug-likeness (QED) is 0.697. The minimum Gasteiger partial charge on any atom is -0.466 e. The minimum absolute atomic E-state index is 0.0308. The summed E-state index contributed by atoms with van der Waals surface area (Å²) in [5.41, 5.74) is -0.0819. The van der Waals surface area contributed by atoms with Crippen molar-refractivity contribution in [3.05, 3.63) is 0 Å². The van der Waals surface area contributed by atoms with Crippen molar-refractivity contribution < 1.29 is 14.3 Å². The van der Waals surface area contributed by atoms with E-state index in [9.17, 15) is 4.79 Å². The molecule has 0 heterocycles. The number of hydrogen-bond acceptors (Lipinski definition) is 3. The molecule has 0 bridgehead atoms. The molecular weight excluding hydrogens is 204 g/mol. The summed E-state index contributed by atoms with van der Waals surface area (Å²) in [5.74, 6) is 0.0662. The molecule has 0 aromatic rings. The Balaban J connectivity index is 2.31. The number of carbonyl (C=O) groups excluding carboxylic acids is 1. The van der Waals surface area contributed by atoms with Gasteiger partial charge in [0.2, 0.25) is 0 Å². The molecule has 1 aliphatic carbocycles. The number of rotatable bonds is 3. The van der Waals surface area contributed by atoms with Crippen LogP contribution in [-0.4, -0.2) is 24.3 Å². The zero-order valence-corrected chi connectivity index (χ0v) is 10.9. The lowest BCUT2D eigenvalue weighted by atomic mass is 9.87. The first-order valence-corrected chi connectivity index (χ1v) is 6.27. The third-order valence-electron chi connectivity index (χ3n) is 2.81. The smallest absolute Gasteiger partial charge is 0.308 e. The van der Waals surface area contributed by atoms with Crippen LogP contribution in [0.15, 0.2) is 0 Å². The molecule has 1 saturated carbocycles. The van der Waals surface area contributed by atoms with Crippen LogP contribution in [0.4, 0.5) is 0 Å². The van der Waals surface area contributed by atoms with Crippen molar-refractivity contribution in [3.63, 3.8) is 0 Å². The van der Waals surface area contributed by atoms with Gasteiger partial charge in [-0.2, -0.15) is 0 Å². The first-order chi connectivity index (χ1) is 7.42. The molecule has 1 fully saturated rings. The molecular formula is C13H24O3. The minimum atomic E-state index is -0.0819. The first-order valence-electron chi connectivity index (χ1n) is 6.27. The van der Waals surface area contributed by atoms with Crippen molar-refractivity contribution in [2.24, 2.45) is 5.92 Å². The predicted molar refractivity (Wildman–Crippen MR) is 63.2 cm³/mol. The Morgan fingerprint density at radius 3 is 2.19 bits per heavy atom. The Labute approximate surface area is 98.5 Å². The van der Waals surface area contributed by atoms with E-state index in [1.165, 1.54) is 0 Å². The molecule has 0 aliphatic heterocycles. The van der Waals surface area contributed by atoms with Gasteiger partial charge in [-0.05, 0) is 53.4 Å². The highest BCUT2D eigenvalue weighted by Gasteiger charge is 2.29. The molecule has 0 unspecified atom stereocenters. The van der Waals surface area contributed by atoms with E-state index in [1.54, 1.807) is 0 Å². The van der Waals surface area contributed by atoms with Crippen molar-refractivity contribution >= 4 is 5.97 Å². The number of hydrogen-bond donors (Lipinski definition) is 0. The molecule has 1 aliphatic rings. The van der Waals surface area contributed by atoms with E-state index < -0.39 is 0 Å². The van der Waals surface area contributed by atoms with Crippen LogP contribution in [-0.2, 0) is 14.3 Å². The highest BCUT2D eigenvalue weighted by Crippen LogP contribution is 2.29. The van der Waals surface area contributed by atoms with Gasteiger partial charge >= 0.3 is 5.97 Å². The summed E-state index contributed by atoms with van der Waals surface area (Å²) in [5, 5.41) is 0. The normalized spacial score (nSPS) is 26.5. The van der Waals surface area contributed by atoms with Gasteiger partial charge in [0.05, 0.1) is 24.2 Å². The third kappa shape index (κ3) is 4.52. The molecule has 3 heteroatoms. The summed E-state index contributed by atoms with van der Waals surface area (Å²) in [7, 11) is 0. The fourth-order valence-corrected chi connectivity index (χ4v) is 2.18. The topological polar surface area (TPSA) is 35.5 Å². The molecule has 1 rings (SSSR count). The number of carbonyl (C=O) groups is 1. The Kier molecular flexibility index (Phi) is 4.78. The highest BCUT2D eigenvalue weighted by atomic mass is 16.5. The fraction of sp³-hybridized carbons (Fsp3) is 0.923.